The van der Waals surface area contributed by atoms with Crippen molar-refractivity contribution in [3.05, 3.63) is 42.5 Å². The summed E-state index contributed by atoms with van der Waals surface area (Å²) in [6.45, 7) is 5.96. The molecule has 1 heterocycles. The van der Waals surface area contributed by atoms with Gasteiger partial charge in [0.1, 0.15) is 12.7 Å². The van der Waals surface area contributed by atoms with E-state index in [1.807, 2.05) is 31.2 Å². The molecule has 7 heteroatoms. The van der Waals surface area contributed by atoms with Gasteiger partial charge in [-0.1, -0.05) is 26.0 Å². The van der Waals surface area contributed by atoms with Crippen molar-refractivity contribution in [2.75, 3.05) is 6.61 Å². The van der Waals surface area contributed by atoms with Crippen molar-refractivity contribution in [1.29, 1.82) is 0 Å². The van der Waals surface area contributed by atoms with Gasteiger partial charge in [0.25, 0.3) is 0 Å². The normalized spacial score (nSPS) is 13.5. The van der Waals surface area contributed by atoms with Crippen molar-refractivity contribution < 1.29 is 9.90 Å². The summed E-state index contributed by atoms with van der Waals surface area (Å²) in [4.78, 5) is 16.1. The zero-order chi connectivity index (χ0) is 17.5. The van der Waals surface area contributed by atoms with Gasteiger partial charge in [0.2, 0.25) is 0 Å². The first-order valence-corrected chi connectivity index (χ1v) is 8.12. The smallest absolute Gasteiger partial charge is 0.315 e. The minimum Gasteiger partial charge on any atom is -0.394 e. The lowest BCUT2D eigenvalue weighted by molar-refractivity contribution is 0.205. The fraction of sp³-hybridized carbons (Fsp3) is 0.471. The number of hydrogen-bond donors (Lipinski definition) is 3. The topological polar surface area (TPSA) is 92.1 Å². The Morgan fingerprint density at radius 1 is 1.29 bits per heavy atom. The summed E-state index contributed by atoms with van der Waals surface area (Å²) >= 11 is 0. The Morgan fingerprint density at radius 3 is 2.71 bits per heavy atom. The number of nitrogens with zero attached hydrogens (tertiary/aromatic N) is 3. The highest BCUT2D eigenvalue weighted by atomic mass is 16.3. The summed E-state index contributed by atoms with van der Waals surface area (Å²) in [6.07, 6.45) is 3.84. The first kappa shape index (κ1) is 17.9. The Labute approximate surface area is 142 Å². The van der Waals surface area contributed by atoms with Crippen LogP contribution in [0.3, 0.4) is 0 Å². The maximum atomic E-state index is 12.1. The number of carbonyl (C=O) groups is 1. The molecule has 2 amide bonds. The first-order chi connectivity index (χ1) is 11.5. The number of urea groups is 1. The van der Waals surface area contributed by atoms with Crippen LogP contribution in [0.4, 0.5) is 4.79 Å². The number of aliphatic hydroxyl groups excluding tert-OH is 1. The van der Waals surface area contributed by atoms with E-state index in [0.717, 1.165) is 17.7 Å². The molecule has 1 aromatic carbocycles. The molecule has 0 aliphatic rings. The largest absolute Gasteiger partial charge is 0.394 e. The molecule has 0 radical (unpaired) electrons. The van der Waals surface area contributed by atoms with E-state index in [-0.39, 0.29) is 24.7 Å². The van der Waals surface area contributed by atoms with Crippen LogP contribution >= 0.6 is 0 Å². The van der Waals surface area contributed by atoms with Crippen molar-refractivity contribution in [2.24, 2.45) is 5.92 Å². The van der Waals surface area contributed by atoms with Gasteiger partial charge in [-0.2, -0.15) is 5.10 Å². The number of rotatable bonds is 7. The number of nitrogens with one attached hydrogen (secondary N) is 2. The van der Waals surface area contributed by atoms with Gasteiger partial charge in [0, 0.05) is 0 Å². The standard InChI is InChI=1S/C17H25N5O2/c1-12(2)7-15(9-23)21-17(24)20-13(3)14-5-4-6-16(8-14)22-11-18-10-19-22/h4-6,8,10-13,15,23H,7,9H2,1-3H3,(H2,20,21,24)/t13-,15+/m1/s1. The first-order valence-electron chi connectivity index (χ1n) is 8.12. The molecule has 0 fully saturated rings. The lowest BCUT2D eigenvalue weighted by Crippen LogP contribution is -2.45. The number of amides is 2. The van der Waals surface area contributed by atoms with Crippen molar-refractivity contribution in [3.63, 3.8) is 0 Å². The van der Waals surface area contributed by atoms with E-state index >= 15 is 0 Å². The molecule has 0 saturated carbocycles. The number of aliphatic hydroxyl groups is 1. The third-order valence-electron chi connectivity index (χ3n) is 3.71. The second kappa shape index (κ2) is 8.44. The Hall–Kier alpha value is -2.41. The van der Waals surface area contributed by atoms with Crippen LogP contribution in [0.2, 0.25) is 0 Å². The van der Waals surface area contributed by atoms with Gasteiger partial charge in [-0.25, -0.2) is 14.5 Å². The lowest BCUT2D eigenvalue weighted by atomic mass is 10.0. The van der Waals surface area contributed by atoms with Gasteiger partial charge < -0.3 is 15.7 Å². The maximum absolute atomic E-state index is 12.1. The van der Waals surface area contributed by atoms with E-state index in [4.69, 9.17) is 0 Å². The average molecular weight is 331 g/mol. The molecule has 7 nitrogen and oxygen atoms in total. The number of aromatic nitrogens is 3. The molecule has 3 N–H and O–H groups in total. The predicted molar refractivity (Wildman–Crippen MR) is 91.8 cm³/mol. The molecular formula is C17H25N5O2. The average Bonchev–Trinajstić information content (AvgIpc) is 3.08. The number of hydrogen-bond acceptors (Lipinski definition) is 4. The Morgan fingerprint density at radius 2 is 2.08 bits per heavy atom. The molecule has 2 atom stereocenters. The third kappa shape index (κ3) is 5.06. The minimum atomic E-state index is -0.284. The Kier molecular flexibility index (Phi) is 6.31. The minimum absolute atomic E-state index is 0.0677. The van der Waals surface area contributed by atoms with Crippen LogP contribution < -0.4 is 10.6 Å². The van der Waals surface area contributed by atoms with Crippen LogP contribution in [-0.4, -0.2) is 38.6 Å². The molecular weight excluding hydrogens is 306 g/mol. The van der Waals surface area contributed by atoms with Crippen molar-refractivity contribution >= 4 is 6.03 Å². The van der Waals surface area contributed by atoms with Crippen LogP contribution in [0.5, 0.6) is 0 Å². The summed E-state index contributed by atoms with van der Waals surface area (Å²) in [5.74, 6) is 0.402. The van der Waals surface area contributed by atoms with Crippen LogP contribution in [0.1, 0.15) is 38.8 Å². The van der Waals surface area contributed by atoms with Gasteiger partial charge in [-0.15, -0.1) is 0 Å². The highest BCUT2D eigenvalue weighted by molar-refractivity contribution is 5.74. The van der Waals surface area contributed by atoms with E-state index in [2.05, 4.69) is 34.6 Å². The van der Waals surface area contributed by atoms with Gasteiger partial charge >= 0.3 is 6.03 Å². The number of benzene rings is 1. The monoisotopic (exact) mass is 331 g/mol. The zero-order valence-electron chi connectivity index (χ0n) is 14.3. The summed E-state index contributed by atoms with van der Waals surface area (Å²) < 4.78 is 1.67. The van der Waals surface area contributed by atoms with Crippen LogP contribution in [0.15, 0.2) is 36.9 Å². The van der Waals surface area contributed by atoms with Gasteiger partial charge in [0.05, 0.1) is 24.4 Å². The number of carbonyl (C=O) groups excluding carboxylic acids is 1. The molecule has 0 unspecified atom stereocenters. The van der Waals surface area contributed by atoms with Crippen LogP contribution in [0.25, 0.3) is 5.69 Å². The second-order valence-electron chi connectivity index (χ2n) is 6.28. The molecule has 2 aromatic rings. The highest BCUT2D eigenvalue weighted by Crippen LogP contribution is 2.16. The highest BCUT2D eigenvalue weighted by Gasteiger charge is 2.15. The zero-order valence-corrected chi connectivity index (χ0v) is 14.3. The Bertz CT molecular complexity index is 642. The van der Waals surface area contributed by atoms with E-state index in [9.17, 15) is 9.90 Å². The summed E-state index contributed by atoms with van der Waals surface area (Å²) in [5.41, 5.74) is 1.84. The fourth-order valence-corrected chi connectivity index (χ4v) is 2.53. The SMILES string of the molecule is CC(C)C[C@@H](CO)NC(=O)N[C@H](C)c1cccc(-n2cncn2)c1. The molecule has 0 bridgehead atoms. The molecule has 2 rings (SSSR count). The molecule has 1 aromatic heterocycles. The quantitative estimate of drug-likeness (QED) is 0.724. The summed E-state index contributed by atoms with van der Waals surface area (Å²) in [5, 5.41) is 19.2. The van der Waals surface area contributed by atoms with E-state index < -0.39 is 0 Å². The van der Waals surface area contributed by atoms with Gasteiger partial charge in [-0.05, 0) is 37.0 Å². The summed E-state index contributed by atoms with van der Waals surface area (Å²) in [6, 6.07) is 7.05. The van der Waals surface area contributed by atoms with Crippen LogP contribution in [0, 0.1) is 5.92 Å². The van der Waals surface area contributed by atoms with Crippen molar-refractivity contribution in [1.82, 2.24) is 25.4 Å². The molecule has 24 heavy (non-hydrogen) atoms. The van der Waals surface area contributed by atoms with E-state index in [1.54, 1.807) is 11.0 Å². The van der Waals surface area contributed by atoms with E-state index in [1.165, 1.54) is 6.33 Å². The third-order valence-corrected chi connectivity index (χ3v) is 3.71. The molecule has 0 aliphatic carbocycles. The maximum Gasteiger partial charge on any atom is 0.315 e. The lowest BCUT2D eigenvalue weighted by Gasteiger charge is -2.21. The van der Waals surface area contributed by atoms with Gasteiger partial charge in [0.15, 0.2) is 0 Å². The van der Waals surface area contributed by atoms with Gasteiger partial charge in [-0.3, -0.25) is 0 Å². The molecule has 130 valence electrons. The predicted octanol–water partition coefficient (Wildman–Crippen LogP) is 2.03. The van der Waals surface area contributed by atoms with Crippen molar-refractivity contribution in [3.8, 4) is 5.69 Å². The molecule has 0 saturated heterocycles. The van der Waals surface area contributed by atoms with Crippen LogP contribution in [-0.2, 0) is 0 Å². The summed E-state index contributed by atoms with van der Waals surface area (Å²) in [7, 11) is 0. The molecule has 0 spiro atoms. The van der Waals surface area contributed by atoms with Crippen molar-refractivity contribution in [2.45, 2.75) is 39.3 Å². The van der Waals surface area contributed by atoms with E-state index in [0.29, 0.717) is 5.92 Å². The Balaban J connectivity index is 1.98. The molecule has 0 aliphatic heterocycles. The fourth-order valence-electron chi connectivity index (χ4n) is 2.53. The second-order valence-corrected chi connectivity index (χ2v) is 6.28.